The largest absolute Gasteiger partial charge is 0.385 e. The molecule has 2 nitrogen and oxygen atoms in total. The quantitative estimate of drug-likeness (QED) is 0.794. The van der Waals surface area contributed by atoms with Gasteiger partial charge in [-0.1, -0.05) is 37.6 Å². The van der Waals surface area contributed by atoms with Crippen molar-refractivity contribution >= 4 is 0 Å². The highest BCUT2D eigenvalue weighted by Gasteiger charge is 2.24. The lowest BCUT2D eigenvalue weighted by molar-refractivity contribution is 0.183. The summed E-state index contributed by atoms with van der Waals surface area (Å²) < 4.78 is 5.24. The molecular weight excluding hydrogens is 222 g/mol. The molecule has 1 atom stereocenters. The first-order chi connectivity index (χ1) is 8.86. The maximum Gasteiger partial charge on any atom is 0.0480 e. The summed E-state index contributed by atoms with van der Waals surface area (Å²) in [5, 5.41) is 3.60. The van der Waals surface area contributed by atoms with Gasteiger partial charge in [0.1, 0.15) is 0 Å². The van der Waals surface area contributed by atoms with Gasteiger partial charge in [-0.15, -0.1) is 0 Å². The van der Waals surface area contributed by atoms with Crippen molar-refractivity contribution in [3.63, 3.8) is 0 Å². The van der Waals surface area contributed by atoms with E-state index in [0.29, 0.717) is 6.04 Å². The van der Waals surface area contributed by atoms with Crippen LogP contribution in [0.2, 0.25) is 0 Å². The second kappa shape index (κ2) is 6.91. The highest BCUT2D eigenvalue weighted by molar-refractivity contribution is 5.34. The van der Waals surface area contributed by atoms with Crippen LogP contribution in [-0.4, -0.2) is 20.3 Å². The highest BCUT2D eigenvalue weighted by Crippen LogP contribution is 2.39. The number of ether oxygens (including phenoxy) is 1. The highest BCUT2D eigenvalue weighted by atomic mass is 16.5. The smallest absolute Gasteiger partial charge is 0.0480 e. The van der Waals surface area contributed by atoms with E-state index in [-0.39, 0.29) is 0 Å². The summed E-state index contributed by atoms with van der Waals surface area (Å²) in [4.78, 5) is 0. The molecule has 100 valence electrons. The van der Waals surface area contributed by atoms with Crippen molar-refractivity contribution < 1.29 is 4.74 Å². The molecule has 0 bridgehead atoms. The van der Waals surface area contributed by atoms with Gasteiger partial charge >= 0.3 is 0 Å². The third kappa shape index (κ3) is 3.12. The molecule has 0 amide bonds. The van der Waals surface area contributed by atoms with Crippen molar-refractivity contribution in [3.8, 4) is 0 Å². The molecular formula is C16H25NO. The van der Waals surface area contributed by atoms with Gasteiger partial charge in [-0.25, -0.2) is 0 Å². The number of hydrogen-bond donors (Lipinski definition) is 1. The van der Waals surface area contributed by atoms with E-state index in [4.69, 9.17) is 4.74 Å². The average Bonchev–Trinajstić information content (AvgIpc) is 2.33. The van der Waals surface area contributed by atoms with E-state index in [1.165, 1.54) is 24.8 Å². The monoisotopic (exact) mass is 247 g/mol. The fourth-order valence-corrected chi connectivity index (χ4v) is 2.77. The molecule has 0 aliphatic heterocycles. The Balaban J connectivity index is 2.16. The van der Waals surface area contributed by atoms with E-state index < -0.39 is 0 Å². The molecule has 1 unspecified atom stereocenters. The lowest BCUT2D eigenvalue weighted by Crippen LogP contribution is -2.24. The lowest BCUT2D eigenvalue weighted by atomic mass is 9.77. The molecule has 1 N–H and O–H groups in total. The van der Waals surface area contributed by atoms with Crippen LogP contribution in [0.1, 0.15) is 55.7 Å². The zero-order valence-corrected chi connectivity index (χ0v) is 11.6. The van der Waals surface area contributed by atoms with Crippen LogP contribution in [0.5, 0.6) is 0 Å². The molecule has 0 saturated heterocycles. The van der Waals surface area contributed by atoms with E-state index in [9.17, 15) is 0 Å². The number of nitrogens with one attached hydrogen (secondary N) is 1. The first kappa shape index (κ1) is 13.6. The lowest BCUT2D eigenvalue weighted by Gasteiger charge is -2.30. The fourth-order valence-electron chi connectivity index (χ4n) is 2.77. The van der Waals surface area contributed by atoms with Gasteiger partial charge < -0.3 is 10.1 Å². The Bertz CT molecular complexity index is 360. The van der Waals surface area contributed by atoms with E-state index in [0.717, 1.165) is 25.5 Å². The van der Waals surface area contributed by atoms with Crippen molar-refractivity contribution in [1.82, 2.24) is 5.32 Å². The van der Waals surface area contributed by atoms with Gasteiger partial charge in [-0.3, -0.25) is 0 Å². The molecule has 0 heterocycles. The predicted molar refractivity (Wildman–Crippen MR) is 75.9 cm³/mol. The maximum atomic E-state index is 5.24. The van der Waals surface area contributed by atoms with Crippen molar-refractivity contribution in [2.45, 2.75) is 44.6 Å². The van der Waals surface area contributed by atoms with Crippen LogP contribution in [0, 0.1) is 0 Å². The first-order valence-electron chi connectivity index (χ1n) is 7.18. The topological polar surface area (TPSA) is 21.3 Å². The number of methoxy groups -OCH3 is 1. The zero-order chi connectivity index (χ0) is 12.8. The van der Waals surface area contributed by atoms with Crippen LogP contribution < -0.4 is 5.32 Å². The molecule has 1 fully saturated rings. The maximum absolute atomic E-state index is 5.24. The average molecular weight is 247 g/mol. The normalized spacial score (nSPS) is 17.4. The van der Waals surface area contributed by atoms with Crippen LogP contribution in [0.25, 0.3) is 0 Å². The van der Waals surface area contributed by atoms with Crippen LogP contribution in [0.3, 0.4) is 0 Å². The third-order valence-corrected chi connectivity index (χ3v) is 3.98. The standard InChI is InChI=1S/C16H25NO/c1-3-17-16(11-12-18-2)15-10-5-4-9-14(15)13-7-6-8-13/h4-5,9-10,13,16-17H,3,6-8,11-12H2,1-2H3. The van der Waals surface area contributed by atoms with E-state index in [1.807, 2.05) is 0 Å². The number of rotatable bonds is 7. The zero-order valence-electron chi connectivity index (χ0n) is 11.6. The van der Waals surface area contributed by atoms with Gasteiger partial charge in [0, 0.05) is 19.8 Å². The van der Waals surface area contributed by atoms with E-state index in [2.05, 4.69) is 36.5 Å². The molecule has 2 rings (SSSR count). The van der Waals surface area contributed by atoms with Gasteiger partial charge in [-0.2, -0.15) is 0 Å². The Hall–Kier alpha value is -0.860. The number of hydrogen-bond acceptors (Lipinski definition) is 2. The van der Waals surface area contributed by atoms with Gasteiger partial charge in [-0.05, 0) is 42.9 Å². The molecule has 1 aromatic rings. The van der Waals surface area contributed by atoms with E-state index in [1.54, 1.807) is 12.7 Å². The summed E-state index contributed by atoms with van der Waals surface area (Å²) in [5.74, 6) is 0.796. The Morgan fingerprint density at radius 1 is 1.33 bits per heavy atom. The Morgan fingerprint density at radius 2 is 2.11 bits per heavy atom. The molecule has 2 heteroatoms. The van der Waals surface area contributed by atoms with Crippen LogP contribution >= 0.6 is 0 Å². The van der Waals surface area contributed by atoms with Gasteiger partial charge in [0.2, 0.25) is 0 Å². The molecule has 0 aromatic heterocycles. The summed E-state index contributed by atoms with van der Waals surface area (Å²) >= 11 is 0. The molecule has 0 spiro atoms. The fraction of sp³-hybridized carbons (Fsp3) is 0.625. The summed E-state index contributed by atoms with van der Waals surface area (Å²) in [6, 6.07) is 9.38. The molecule has 1 aliphatic rings. The van der Waals surface area contributed by atoms with Gasteiger partial charge in [0.05, 0.1) is 0 Å². The summed E-state index contributed by atoms with van der Waals surface area (Å²) in [6.45, 7) is 4.00. The second-order valence-corrected chi connectivity index (χ2v) is 5.15. The van der Waals surface area contributed by atoms with Crippen molar-refractivity contribution in [3.05, 3.63) is 35.4 Å². The van der Waals surface area contributed by atoms with Crippen molar-refractivity contribution in [1.29, 1.82) is 0 Å². The molecule has 1 saturated carbocycles. The third-order valence-electron chi connectivity index (χ3n) is 3.98. The summed E-state index contributed by atoms with van der Waals surface area (Å²) in [6.07, 6.45) is 5.16. The first-order valence-corrected chi connectivity index (χ1v) is 7.18. The Kier molecular flexibility index (Phi) is 5.21. The SMILES string of the molecule is CCNC(CCOC)c1ccccc1C1CCC1. The minimum absolute atomic E-state index is 0.437. The summed E-state index contributed by atoms with van der Waals surface area (Å²) in [5.41, 5.74) is 3.05. The molecule has 0 radical (unpaired) electrons. The van der Waals surface area contributed by atoms with Crippen LogP contribution in [0.4, 0.5) is 0 Å². The van der Waals surface area contributed by atoms with Crippen LogP contribution in [0.15, 0.2) is 24.3 Å². The molecule has 18 heavy (non-hydrogen) atoms. The molecule has 1 aliphatic carbocycles. The second-order valence-electron chi connectivity index (χ2n) is 5.15. The molecule has 1 aromatic carbocycles. The van der Waals surface area contributed by atoms with E-state index >= 15 is 0 Å². The summed E-state index contributed by atoms with van der Waals surface area (Å²) in [7, 11) is 1.78. The Morgan fingerprint density at radius 3 is 2.72 bits per heavy atom. The minimum atomic E-state index is 0.437. The minimum Gasteiger partial charge on any atom is -0.385 e. The van der Waals surface area contributed by atoms with Crippen molar-refractivity contribution in [2.75, 3.05) is 20.3 Å². The van der Waals surface area contributed by atoms with Crippen LogP contribution in [-0.2, 0) is 4.74 Å². The predicted octanol–water partition coefficient (Wildman–Crippen LogP) is 3.64. The Labute approximate surface area is 111 Å². The number of benzene rings is 1. The van der Waals surface area contributed by atoms with Gasteiger partial charge in [0.15, 0.2) is 0 Å². The van der Waals surface area contributed by atoms with Gasteiger partial charge in [0.25, 0.3) is 0 Å². The van der Waals surface area contributed by atoms with Crippen molar-refractivity contribution in [2.24, 2.45) is 0 Å².